The predicted molar refractivity (Wildman–Crippen MR) is 132 cm³/mol. The van der Waals surface area contributed by atoms with Crippen LogP contribution in [0, 0.1) is 0 Å². The number of rotatable bonds is 8. The van der Waals surface area contributed by atoms with Gasteiger partial charge in [-0.15, -0.1) is 10.2 Å². The van der Waals surface area contributed by atoms with E-state index >= 15 is 0 Å². The third-order valence-electron chi connectivity index (χ3n) is 6.44. The highest BCUT2D eigenvalue weighted by Gasteiger charge is 2.31. The molecule has 0 saturated carbocycles. The van der Waals surface area contributed by atoms with Gasteiger partial charge in [-0.2, -0.15) is 0 Å². The van der Waals surface area contributed by atoms with E-state index in [9.17, 15) is 19.8 Å². The van der Waals surface area contributed by atoms with Crippen LogP contribution in [-0.2, 0) is 22.4 Å². The largest absolute Gasteiger partial charge is 0.481 e. The SMILES string of the molecule is O=C(O)CCC(=O)Nc1ccc(-c2nnc(-c3ccccn3)c3c2CC[C@](O)(CCO)CCC3)nc1. The minimum absolute atomic E-state index is 0.0782. The van der Waals surface area contributed by atoms with Crippen LogP contribution < -0.4 is 5.32 Å². The second-order valence-electron chi connectivity index (χ2n) is 8.99. The quantitative estimate of drug-likeness (QED) is 0.372. The molecular weight excluding hydrogens is 462 g/mol. The maximum Gasteiger partial charge on any atom is 0.303 e. The van der Waals surface area contributed by atoms with Gasteiger partial charge in [0, 0.05) is 19.2 Å². The normalized spacial score (nSPS) is 17.5. The highest BCUT2D eigenvalue weighted by molar-refractivity contribution is 5.92. The van der Waals surface area contributed by atoms with Crippen LogP contribution in [0.3, 0.4) is 0 Å². The van der Waals surface area contributed by atoms with E-state index in [0.29, 0.717) is 54.9 Å². The van der Waals surface area contributed by atoms with Crippen LogP contribution in [0.15, 0.2) is 42.7 Å². The number of hydrogen-bond donors (Lipinski definition) is 4. The first-order valence-electron chi connectivity index (χ1n) is 12.0. The molecule has 0 spiro atoms. The summed E-state index contributed by atoms with van der Waals surface area (Å²) in [5, 5.41) is 40.9. The molecule has 0 unspecified atom stereocenters. The number of aliphatic hydroxyl groups excluding tert-OH is 1. The second-order valence-corrected chi connectivity index (χ2v) is 8.99. The third kappa shape index (κ3) is 6.07. The van der Waals surface area contributed by atoms with Crippen molar-refractivity contribution in [3.05, 3.63) is 53.9 Å². The number of fused-ring (bicyclic) bond motifs is 1. The Bertz CT molecular complexity index is 1220. The fraction of sp³-hybridized carbons (Fsp3) is 0.385. The Kier molecular flexibility index (Phi) is 7.97. The molecule has 0 radical (unpaired) electrons. The molecule has 10 nitrogen and oxygen atoms in total. The van der Waals surface area contributed by atoms with Crippen LogP contribution in [0.1, 0.15) is 49.7 Å². The number of hydrogen-bond acceptors (Lipinski definition) is 8. The first-order valence-corrected chi connectivity index (χ1v) is 12.0. The third-order valence-corrected chi connectivity index (χ3v) is 6.44. The first-order chi connectivity index (χ1) is 17.4. The van der Waals surface area contributed by atoms with Gasteiger partial charge in [0.05, 0.1) is 35.3 Å². The van der Waals surface area contributed by atoms with Crippen molar-refractivity contribution in [2.45, 2.75) is 57.0 Å². The number of nitrogens with zero attached hydrogens (tertiary/aromatic N) is 4. The number of carbonyl (C=O) groups is 2. The molecule has 10 heteroatoms. The maximum atomic E-state index is 11.9. The van der Waals surface area contributed by atoms with Gasteiger partial charge < -0.3 is 20.6 Å². The number of carbonyl (C=O) groups excluding carboxylic acids is 1. The summed E-state index contributed by atoms with van der Waals surface area (Å²) in [5.41, 5.74) is 4.08. The number of nitrogens with one attached hydrogen (secondary N) is 1. The standard InChI is InChI=1S/C26H29N5O5/c32-15-13-26(36)11-3-4-18-19(10-12-26)25(31-30-24(18)20-5-1-2-14-27-20)21-7-6-17(16-28-21)29-22(33)8-9-23(34)35/h1-2,5-7,14,16,32,36H,3-4,8-13,15H2,(H,29,33)(H,34,35)/t26-/m0/s1. The molecular formula is C26H29N5O5. The number of carboxylic acid groups (broad SMARTS) is 1. The van der Waals surface area contributed by atoms with Crippen molar-refractivity contribution in [3.8, 4) is 22.8 Å². The van der Waals surface area contributed by atoms with Crippen molar-refractivity contribution in [2.75, 3.05) is 11.9 Å². The molecule has 0 saturated heterocycles. The van der Waals surface area contributed by atoms with Gasteiger partial charge >= 0.3 is 5.97 Å². The number of carboxylic acids is 1. The van der Waals surface area contributed by atoms with Gasteiger partial charge in [-0.3, -0.25) is 19.6 Å². The van der Waals surface area contributed by atoms with Crippen LogP contribution in [0.4, 0.5) is 5.69 Å². The highest BCUT2D eigenvalue weighted by Crippen LogP contribution is 2.36. The maximum absolute atomic E-state index is 11.9. The average molecular weight is 492 g/mol. The summed E-state index contributed by atoms with van der Waals surface area (Å²) in [4.78, 5) is 31.6. The van der Waals surface area contributed by atoms with Crippen molar-refractivity contribution in [1.29, 1.82) is 0 Å². The monoisotopic (exact) mass is 491 g/mol. The number of pyridine rings is 2. The van der Waals surface area contributed by atoms with Gasteiger partial charge in [0.2, 0.25) is 5.91 Å². The number of aromatic nitrogens is 4. The Morgan fingerprint density at radius 1 is 0.944 bits per heavy atom. The summed E-state index contributed by atoms with van der Waals surface area (Å²) in [7, 11) is 0. The molecule has 4 rings (SSSR count). The van der Waals surface area contributed by atoms with E-state index in [1.54, 1.807) is 18.3 Å². The molecule has 0 bridgehead atoms. The van der Waals surface area contributed by atoms with Crippen molar-refractivity contribution < 1.29 is 24.9 Å². The molecule has 1 aliphatic carbocycles. The van der Waals surface area contributed by atoms with E-state index in [-0.39, 0.29) is 19.4 Å². The van der Waals surface area contributed by atoms with Crippen molar-refractivity contribution in [2.24, 2.45) is 0 Å². The lowest BCUT2D eigenvalue weighted by Gasteiger charge is -2.31. The molecule has 1 atom stereocenters. The summed E-state index contributed by atoms with van der Waals surface area (Å²) >= 11 is 0. The lowest BCUT2D eigenvalue weighted by Crippen LogP contribution is -2.32. The molecule has 1 aliphatic rings. The van der Waals surface area contributed by atoms with Crippen LogP contribution in [0.25, 0.3) is 22.8 Å². The molecule has 0 aromatic carbocycles. The summed E-state index contributed by atoms with van der Waals surface area (Å²) in [6.07, 6.45) is 6.15. The Labute approximate surface area is 208 Å². The van der Waals surface area contributed by atoms with Crippen LogP contribution in [0.5, 0.6) is 0 Å². The molecule has 3 aromatic heterocycles. The molecule has 3 aromatic rings. The lowest BCUT2D eigenvalue weighted by molar-refractivity contribution is -0.138. The Balaban J connectivity index is 1.67. The molecule has 1 amide bonds. The first kappa shape index (κ1) is 25.3. The fourth-order valence-corrected chi connectivity index (χ4v) is 4.55. The van der Waals surface area contributed by atoms with Crippen LogP contribution in [-0.4, -0.2) is 59.6 Å². The number of amides is 1. The van der Waals surface area contributed by atoms with E-state index in [4.69, 9.17) is 5.11 Å². The topological polar surface area (TPSA) is 158 Å². The number of aliphatic carboxylic acids is 1. The molecule has 3 heterocycles. The van der Waals surface area contributed by atoms with E-state index in [2.05, 4.69) is 25.5 Å². The minimum atomic E-state index is -1.03. The smallest absolute Gasteiger partial charge is 0.303 e. The zero-order valence-electron chi connectivity index (χ0n) is 19.9. The minimum Gasteiger partial charge on any atom is -0.481 e. The Morgan fingerprint density at radius 2 is 1.69 bits per heavy atom. The summed E-state index contributed by atoms with van der Waals surface area (Å²) < 4.78 is 0. The molecule has 36 heavy (non-hydrogen) atoms. The van der Waals surface area contributed by atoms with Crippen molar-refractivity contribution >= 4 is 17.6 Å². The van der Waals surface area contributed by atoms with Gasteiger partial charge in [-0.05, 0) is 73.9 Å². The fourth-order valence-electron chi connectivity index (χ4n) is 4.55. The lowest BCUT2D eigenvalue weighted by atomic mass is 9.81. The number of anilines is 1. The zero-order chi connectivity index (χ0) is 25.5. The van der Waals surface area contributed by atoms with Gasteiger partial charge in [0.15, 0.2) is 0 Å². The van der Waals surface area contributed by atoms with E-state index in [0.717, 1.165) is 23.2 Å². The van der Waals surface area contributed by atoms with Crippen LogP contribution >= 0.6 is 0 Å². The van der Waals surface area contributed by atoms with Crippen molar-refractivity contribution in [3.63, 3.8) is 0 Å². The molecule has 0 aliphatic heterocycles. The summed E-state index contributed by atoms with van der Waals surface area (Å²) in [5.74, 6) is -1.44. The van der Waals surface area contributed by atoms with E-state index < -0.39 is 17.5 Å². The number of aliphatic hydroxyl groups is 2. The second kappa shape index (κ2) is 11.3. The van der Waals surface area contributed by atoms with E-state index in [1.165, 1.54) is 6.20 Å². The van der Waals surface area contributed by atoms with Crippen LogP contribution in [0.2, 0.25) is 0 Å². The Morgan fingerprint density at radius 3 is 2.33 bits per heavy atom. The summed E-state index contributed by atoms with van der Waals surface area (Å²) in [6.45, 7) is -0.0782. The predicted octanol–water partition coefficient (Wildman–Crippen LogP) is 2.79. The van der Waals surface area contributed by atoms with Gasteiger partial charge in [0.1, 0.15) is 11.4 Å². The Hall–Kier alpha value is -3.76. The molecule has 188 valence electrons. The summed E-state index contributed by atoms with van der Waals surface area (Å²) in [6, 6.07) is 9.06. The molecule has 4 N–H and O–H groups in total. The van der Waals surface area contributed by atoms with Gasteiger partial charge in [-0.25, -0.2) is 0 Å². The van der Waals surface area contributed by atoms with Crippen molar-refractivity contribution in [1.82, 2.24) is 20.2 Å². The highest BCUT2D eigenvalue weighted by atomic mass is 16.4. The van der Waals surface area contributed by atoms with Gasteiger partial charge in [-0.1, -0.05) is 6.07 Å². The van der Waals surface area contributed by atoms with E-state index in [1.807, 2.05) is 18.2 Å². The zero-order valence-corrected chi connectivity index (χ0v) is 19.9. The molecule has 0 fully saturated rings. The average Bonchev–Trinajstić information content (AvgIpc) is 2.86. The van der Waals surface area contributed by atoms with Gasteiger partial charge in [0.25, 0.3) is 0 Å².